The number of nitrogens with one attached hydrogen (secondary N) is 1. The Labute approximate surface area is 125 Å². The van der Waals surface area contributed by atoms with E-state index in [2.05, 4.69) is 44.1 Å². The maximum absolute atomic E-state index is 5.43. The molecule has 1 aromatic rings. The van der Waals surface area contributed by atoms with Gasteiger partial charge in [0.15, 0.2) is 5.11 Å². The Morgan fingerprint density at radius 3 is 2.50 bits per heavy atom. The average molecular weight is 294 g/mol. The molecule has 0 amide bonds. The molecule has 110 valence electrons. The molecule has 1 fully saturated rings. The van der Waals surface area contributed by atoms with Gasteiger partial charge in [-0.3, -0.25) is 0 Å². The van der Waals surface area contributed by atoms with Gasteiger partial charge in [-0.1, -0.05) is 0 Å². The smallest absolute Gasteiger partial charge is 0.225 e. The van der Waals surface area contributed by atoms with Crippen molar-refractivity contribution in [3.8, 4) is 0 Å². The summed E-state index contributed by atoms with van der Waals surface area (Å²) in [5.41, 5.74) is 0. The molecule has 0 bridgehead atoms. The highest BCUT2D eigenvalue weighted by atomic mass is 32.1. The molecule has 0 unspecified atom stereocenters. The summed E-state index contributed by atoms with van der Waals surface area (Å²) in [6.45, 7) is 5.49. The normalized spacial score (nSPS) is 15.6. The van der Waals surface area contributed by atoms with Crippen LogP contribution in [0, 0.1) is 0 Å². The van der Waals surface area contributed by atoms with Gasteiger partial charge in [0.1, 0.15) is 0 Å². The van der Waals surface area contributed by atoms with E-state index in [1.165, 1.54) is 0 Å². The minimum atomic E-state index is 0.804. The second kappa shape index (κ2) is 7.35. The molecule has 6 nitrogen and oxygen atoms in total. The van der Waals surface area contributed by atoms with Crippen LogP contribution in [0.4, 0.5) is 5.95 Å². The van der Waals surface area contributed by atoms with Crippen molar-refractivity contribution in [2.75, 3.05) is 58.3 Å². The Morgan fingerprint density at radius 2 is 1.90 bits per heavy atom. The second-order valence-corrected chi connectivity index (χ2v) is 5.44. The van der Waals surface area contributed by atoms with Crippen LogP contribution < -0.4 is 10.2 Å². The van der Waals surface area contributed by atoms with Crippen molar-refractivity contribution >= 4 is 23.3 Å². The third-order valence-corrected chi connectivity index (χ3v) is 3.64. The molecule has 0 aliphatic carbocycles. The number of thiocarbonyl (C=S) groups is 1. The maximum Gasteiger partial charge on any atom is 0.225 e. The van der Waals surface area contributed by atoms with Crippen molar-refractivity contribution in [1.82, 2.24) is 25.1 Å². The highest BCUT2D eigenvalue weighted by Crippen LogP contribution is 2.09. The monoisotopic (exact) mass is 294 g/mol. The average Bonchev–Trinajstić information content (AvgIpc) is 2.48. The molecule has 0 spiro atoms. The van der Waals surface area contributed by atoms with Crippen LogP contribution in [-0.2, 0) is 0 Å². The molecular weight excluding hydrogens is 272 g/mol. The zero-order chi connectivity index (χ0) is 14.4. The first kappa shape index (κ1) is 14.9. The summed E-state index contributed by atoms with van der Waals surface area (Å²) >= 11 is 5.43. The molecule has 7 heteroatoms. The molecule has 20 heavy (non-hydrogen) atoms. The Balaban J connectivity index is 1.75. The number of aromatic nitrogens is 2. The van der Waals surface area contributed by atoms with Gasteiger partial charge in [0.05, 0.1) is 0 Å². The van der Waals surface area contributed by atoms with Gasteiger partial charge < -0.3 is 20.0 Å². The zero-order valence-electron chi connectivity index (χ0n) is 12.1. The largest absolute Gasteiger partial charge is 0.361 e. The lowest BCUT2D eigenvalue weighted by molar-refractivity contribution is 0.369. The van der Waals surface area contributed by atoms with Gasteiger partial charge in [0.2, 0.25) is 5.95 Å². The van der Waals surface area contributed by atoms with Crippen molar-refractivity contribution in [1.29, 1.82) is 0 Å². The highest BCUT2D eigenvalue weighted by Gasteiger charge is 2.20. The van der Waals surface area contributed by atoms with E-state index >= 15 is 0 Å². The van der Waals surface area contributed by atoms with Gasteiger partial charge in [0.25, 0.3) is 0 Å². The molecule has 0 atom stereocenters. The predicted octanol–water partition coefficient (Wildman–Crippen LogP) is 0.0347. The lowest BCUT2D eigenvalue weighted by atomic mass is 10.3. The molecule has 1 aliphatic rings. The molecule has 2 rings (SSSR count). The van der Waals surface area contributed by atoms with Crippen LogP contribution in [0.15, 0.2) is 18.5 Å². The van der Waals surface area contributed by atoms with Gasteiger partial charge in [-0.2, -0.15) is 0 Å². The van der Waals surface area contributed by atoms with Crippen molar-refractivity contribution in [3.63, 3.8) is 0 Å². The lowest BCUT2D eigenvalue weighted by Gasteiger charge is -2.36. The van der Waals surface area contributed by atoms with E-state index in [1.54, 1.807) is 12.4 Å². The van der Waals surface area contributed by atoms with Crippen molar-refractivity contribution in [3.05, 3.63) is 18.5 Å². The number of piperazine rings is 1. The summed E-state index contributed by atoms with van der Waals surface area (Å²) < 4.78 is 0. The van der Waals surface area contributed by atoms with E-state index in [0.29, 0.717) is 0 Å². The van der Waals surface area contributed by atoms with Crippen LogP contribution in [0.5, 0.6) is 0 Å². The van der Waals surface area contributed by atoms with Crippen molar-refractivity contribution in [2.24, 2.45) is 0 Å². The fraction of sp³-hybridized carbons (Fsp3) is 0.615. The van der Waals surface area contributed by atoms with E-state index in [4.69, 9.17) is 12.2 Å². The fourth-order valence-electron chi connectivity index (χ4n) is 2.06. The number of nitrogens with zero attached hydrogens (tertiary/aromatic N) is 5. The topological polar surface area (TPSA) is 47.5 Å². The van der Waals surface area contributed by atoms with E-state index < -0.39 is 0 Å². The number of hydrogen-bond acceptors (Lipinski definition) is 5. The quantitative estimate of drug-likeness (QED) is 0.787. The van der Waals surface area contributed by atoms with E-state index in [9.17, 15) is 0 Å². The SMILES string of the molecule is CN(C)CCNC(=S)N1CCN(c2ncccn2)CC1. The van der Waals surface area contributed by atoms with Crippen LogP contribution >= 0.6 is 12.2 Å². The summed E-state index contributed by atoms with van der Waals surface area (Å²) in [5, 5.41) is 4.15. The fourth-order valence-corrected chi connectivity index (χ4v) is 2.35. The molecule has 2 heterocycles. The van der Waals surface area contributed by atoms with Crippen LogP contribution in [0.2, 0.25) is 0 Å². The lowest BCUT2D eigenvalue weighted by Crippen LogP contribution is -2.52. The van der Waals surface area contributed by atoms with Gasteiger partial charge in [-0.05, 0) is 32.4 Å². The summed E-state index contributed by atoms with van der Waals surface area (Å²) in [6.07, 6.45) is 3.56. The Hall–Kier alpha value is -1.47. The molecule has 0 radical (unpaired) electrons. The van der Waals surface area contributed by atoms with E-state index in [1.807, 2.05) is 6.07 Å². The van der Waals surface area contributed by atoms with Crippen LogP contribution in [-0.4, -0.2) is 78.2 Å². The second-order valence-electron chi connectivity index (χ2n) is 5.06. The van der Waals surface area contributed by atoms with Crippen LogP contribution in [0.1, 0.15) is 0 Å². The molecule has 1 N–H and O–H groups in total. The third kappa shape index (κ3) is 4.28. The van der Waals surface area contributed by atoms with Crippen LogP contribution in [0.3, 0.4) is 0 Å². The number of hydrogen-bond donors (Lipinski definition) is 1. The summed E-state index contributed by atoms with van der Waals surface area (Å²) in [5.74, 6) is 0.804. The van der Waals surface area contributed by atoms with Crippen LogP contribution in [0.25, 0.3) is 0 Å². The number of rotatable bonds is 4. The molecule has 1 aliphatic heterocycles. The number of anilines is 1. The minimum Gasteiger partial charge on any atom is -0.361 e. The zero-order valence-corrected chi connectivity index (χ0v) is 12.9. The van der Waals surface area contributed by atoms with Gasteiger partial charge in [-0.25, -0.2) is 9.97 Å². The summed E-state index contributed by atoms with van der Waals surface area (Å²) in [4.78, 5) is 15.1. The molecule has 1 aromatic heterocycles. The van der Waals surface area contributed by atoms with Crippen molar-refractivity contribution in [2.45, 2.75) is 0 Å². The van der Waals surface area contributed by atoms with Gasteiger partial charge >= 0.3 is 0 Å². The molecule has 0 aromatic carbocycles. The molecule has 1 saturated heterocycles. The Bertz CT molecular complexity index is 416. The van der Waals surface area contributed by atoms with E-state index in [0.717, 1.165) is 50.3 Å². The Kier molecular flexibility index (Phi) is 5.49. The maximum atomic E-state index is 5.43. The van der Waals surface area contributed by atoms with Gasteiger partial charge in [0, 0.05) is 51.7 Å². The third-order valence-electron chi connectivity index (χ3n) is 3.24. The highest BCUT2D eigenvalue weighted by molar-refractivity contribution is 7.80. The minimum absolute atomic E-state index is 0.804. The van der Waals surface area contributed by atoms with E-state index in [-0.39, 0.29) is 0 Å². The first-order valence-electron chi connectivity index (χ1n) is 6.86. The standard InChI is InChI=1S/C13H22N6S/c1-17(2)7-6-16-13(20)19-10-8-18(9-11-19)12-14-4-3-5-15-12/h3-5H,6-11H2,1-2H3,(H,16,20). The summed E-state index contributed by atoms with van der Waals surface area (Å²) in [6, 6.07) is 1.84. The summed E-state index contributed by atoms with van der Waals surface area (Å²) in [7, 11) is 4.12. The Morgan fingerprint density at radius 1 is 1.25 bits per heavy atom. The van der Waals surface area contributed by atoms with Crippen molar-refractivity contribution < 1.29 is 0 Å². The van der Waals surface area contributed by atoms with Gasteiger partial charge in [-0.15, -0.1) is 0 Å². The first-order valence-corrected chi connectivity index (χ1v) is 7.27. The predicted molar refractivity (Wildman–Crippen MR) is 85.0 cm³/mol. The molecular formula is C13H22N6S. The number of likely N-dealkylation sites (N-methyl/N-ethyl adjacent to an activating group) is 1. The first-order chi connectivity index (χ1) is 9.66. The molecule has 0 saturated carbocycles.